The molecule has 186 valence electrons. The standard InChI is InChI=1S/C24H33N3O6S/c1-9-18-21(19-16(31-7)10-14(12-29-5)11-17(19)32-8)27-22(34-18)20(15(26-27)13-30-6)25-23(28)33-24(2,3)4/h10-11H,9,12-13H2,1-8H3,(H,25,28). The Kier molecular flexibility index (Phi) is 8.06. The fourth-order valence-corrected chi connectivity index (χ4v) is 4.83. The van der Waals surface area contributed by atoms with Crippen molar-refractivity contribution in [2.75, 3.05) is 33.8 Å². The molecule has 3 rings (SSSR count). The fraction of sp³-hybridized carbons (Fsp3) is 0.500. The van der Waals surface area contributed by atoms with Gasteiger partial charge in [-0.25, -0.2) is 9.31 Å². The van der Waals surface area contributed by atoms with Gasteiger partial charge >= 0.3 is 6.09 Å². The van der Waals surface area contributed by atoms with Crippen LogP contribution in [-0.4, -0.2) is 49.7 Å². The predicted octanol–water partition coefficient (Wildman–Crippen LogP) is 5.28. The number of hydrogen-bond acceptors (Lipinski definition) is 8. The number of fused-ring (bicyclic) bond motifs is 1. The topological polar surface area (TPSA) is 92.6 Å². The average molecular weight is 492 g/mol. The second-order valence-electron chi connectivity index (χ2n) is 8.63. The summed E-state index contributed by atoms with van der Waals surface area (Å²) in [5, 5.41) is 7.68. The highest BCUT2D eigenvalue weighted by atomic mass is 32.1. The summed E-state index contributed by atoms with van der Waals surface area (Å²) in [5.74, 6) is 1.29. The van der Waals surface area contributed by atoms with E-state index in [2.05, 4.69) is 12.2 Å². The van der Waals surface area contributed by atoms with Crippen molar-refractivity contribution in [1.82, 2.24) is 9.61 Å². The van der Waals surface area contributed by atoms with Crippen molar-refractivity contribution in [1.29, 1.82) is 0 Å². The van der Waals surface area contributed by atoms with E-state index in [1.165, 1.54) is 0 Å². The van der Waals surface area contributed by atoms with Gasteiger partial charge in [0, 0.05) is 19.1 Å². The number of amides is 1. The van der Waals surface area contributed by atoms with E-state index in [4.69, 9.17) is 28.8 Å². The number of nitrogens with zero attached hydrogens (tertiary/aromatic N) is 2. The maximum absolute atomic E-state index is 12.6. The van der Waals surface area contributed by atoms with Crippen LogP contribution in [0.25, 0.3) is 16.1 Å². The summed E-state index contributed by atoms with van der Waals surface area (Å²) in [6.07, 6.45) is 0.202. The normalized spacial score (nSPS) is 11.6. The minimum absolute atomic E-state index is 0.224. The van der Waals surface area contributed by atoms with Gasteiger partial charge in [-0.1, -0.05) is 6.92 Å². The van der Waals surface area contributed by atoms with Gasteiger partial charge in [0.2, 0.25) is 0 Å². The summed E-state index contributed by atoms with van der Waals surface area (Å²) in [5.41, 5.74) is 3.08. The first-order valence-electron chi connectivity index (χ1n) is 10.9. The van der Waals surface area contributed by atoms with Gasteiger partial charge in [0.25, 0.3) is 0 Å². The van der Waals surface area contributed by atoms with Crippen LogP contribution in [0.2, 0.25) is 0 Å². The van der Waals surface area contributed by atoms with Gasteiger partial charge < -0.3 is 23.7 Å². The summed E-state index contributed by atoms with van der Waals surface area (Å²) < 4.78 is 29.5. The summed E-state index contributed by atoms with van der Waals surface area (Å²) in [6.45, 7) is 8.18. The molecule has 34 heavy (non-hydrogen) atoms. The molecular formula is C24H33N3O6S. The number of methoxy groups -OCH3 is 4. The van der Waals surface area contributed by atoms with Crippen LogP contribution in [0.4, 0.5) is 10.5 Å². The lowest BCUT2D eigenvalue weighted by molar-refractivity contribution is 0.0635. The van der Waals surface area contributed by atoms with Gasteiger partial charge in [0.15, 0.2) is 0 Å². The van der Waals surface area contributed by atoms with Gasteiger partial charge in [-0.05, 0) is 44.9 Å². The van der Waals surface area contributed by atoms with Gasteiger partial charge in [0.1, 0.15) is 33.3 Å². The molecule has 10 heteroatoms. The molecule has 0 spiro atoms. The first-order valence-corrected chi connectivity index (χ1v) is 11.7. The zero-order valence-corrected chi connectivity index (χ0v) is 21.8. The van der Waals surface area contributed by atoms with Crippen molar-refractivity contribution < 1.29 is 28.5 Å². The minimum Gasteiger partial charge on any atom is -0.496 e. The lowest BCUT2D eigenvalue weighted by Crippen LogP contribution is -2.27. The van der Waals surface area contributed by atoms with Crippen molar-refractivity contribution in [3.63, 3.8) is 0 Å². The van der Waals surface area contributed by atoms with Crippen molar-refractivity contribution in [3.8, 4) is 22.8 Å². The molecule has 1 aromatic carbocycles. The Morgan fingerprint density at radius 1 is 1.06 bits per heavy atom. The first-order chi connectivity index (χ1) is 16.2. The van der Waals surface area contributed by atoms with E-state index < -0.39 is 11.7 Å². The molecule has 0 atom stereocenters. The average Bonchev–Trinajstić information content (AvgIpc) is 3.28. The summed E-state index contributed by atoms with van der Waals surface area (Å²) in [7, 11) is 6.48. The first kappa shape index (κ1) is 25.8. The molecule has 1 amide bonds. The SMILES string of the molecule is CCc1sc2c(NC(=O)OC(C)(C)C)c(COC)nn2c1-c1c(OC)cc(COC)cc1OC. The quantitative estimate of drug-likeness (QED) is 0.435. The molecule has 3 aromatic rings. The molecule has 2 heterocycles. The predicted molar refractivity (Wildman–Crippen MR) is 132 cm³/mol. The zero-order valence-electron chi connectivity index (χ0n) is 21.0. The summed E-state index contributed by atoms with van der Waals surface area (Å²) >= 11 is 1.54. The van der Waals surface area contributed by atoms with Gasteiger partial charge in [-0.3, -0.25) is 5.32 Å². The number of hydrogen-bond donors (Lipinski definition) is 1. The Hall–Kier alpha value is -2.82. The highest BCUT2D eigenvalue weighted by Gasteiger charge is 2.28. The lowest BCUT2D eigenvalue weighted by Gasteiger charge is -2.19. The molecule has 2 aromatic heterocycles. The molecule has 1 N–H and O–H groups in total. The van der Waals surface area contributed by atoms with Crippen LogP contribution in [0.5, 0.6) is 11.5 Å². The summed E-state index contributed by atoms with van der Waals surface area (Å²) in [4.78, 5) is 14.4. The third kappa shape index (κ3) is 5.29. The van der Waals surface area contributed by atoms with Gasteiger partial charge in [-0.15, -0.1) is 11.3 Å². The van der Waals surface area contributed by atoms with E-state index in [0.717, 1.165) is 32.9 Å². The maximum Gasteiger partial charge on any atom is 0.412 e. The number of aromatic nitrogens is 2. The van der Waals surface area contributed by atoms with Crippen molar-refractivity contribution in [3.05, 3.63) is 28.3 Å². The van der Waals surface area contributed by atoms with Crippen LogP contribution in [0.1, 0.15) is 43.8 Å². The van der Waals surface area contributed by atoms with Crippen LogP contribution < -0.4 is 14.8 Å². The number of rotatable bonds is 9. The van der Waals surface area contributed by atoms with Crippen molar-refractivity contribution in [2.24, 2.45) is 0 Å². The molecule has 0 fully saturated rings. The van der Waals surface area contributed by atoms with Crippen molar-refractivity contribution >= 4 is 27.9 Å². The van der Waals surface area contributed by atoms with E-state index in [9.17, 15) is 4.79 Å². The van der Waals surface area contributed by atoms with Crippen LogP contribution in [0, 0.1) is 0 Å². The Balaban J connectivity index is 2.25. The Labute approximate surface area is 203 Å². The van der Waals surface area contributed by atoms with E-state index in [1.54, 1.807) is 39.8 Å². The molecule has 0 saturated carbocycles. The monoisotopic (exact) mass is 491 g/mol. The number of anilines is 1. The van der Waals surface area contributed by atoms with E-state index in [-0.39, 0.29) is 6.61 Å². The fourth-order valence-electron chi connectivity index (χ4n) is 3.68. The van der Waals surface area contributed by atoms with Crippen molar-refractivity contribution in [2.45, 2.75) is 52.9 Å². The second kappa shape index (κ2) is 10.6. The highest BCUT2D eigenvalue weighted by molar-refractivity contribution is 7.18. The molecule has 0 unspecified atom stereocenters. The molecular weight excluding hydrogens is 458 g/mol. The number of nitrogens with one attached hydrogen (secondary N) is 1. The number of ether oxygens (including phenoxy) is 5. The number of thiazole rings is 1. The van der Waals surface area contributed by atoms with E-state index in [0.29, 0.717) is 29.5 Å². The number of carbonyl (C=O) groups excluding carboxylic acids is 1. The van der Waals surface area contributed by atoms with Crippen LogP contribution >= 0.6 is 11.3 Å². The van der Waals surface area contributed by atoms with Crippen LogP contribution in [-0.2, 0) is 33.8 Å². The molecule has 0 radical (unpaired) electrons. The Morgan fingerprint density at radius 3 is 2.18 bits per heavy atom. The maximum atomic E-state index is 12.6. The second-order valence-corrected chi connectivity index (χ2v) is 9.72. The molecule has 0 aliphatic carbocycles. The molecule has 0 saturated heterocycles. The number of carbonyl (C=O) groups is 1. The van der Waals surface area contributed by atoms with Crippen LogP contribution in [0.15, 0.2) is 12.1 Å². The van der Waals surface area contributed by atoms with Gasteiger partial charge in [-0.2, -0.15) is 5.10 Å². The lowest BCUT2D eigenvalue weighted by atomic mass is 10.0. The largest absolute Gasteiger partial charge is 0.496 e. The smallest absolute Gasteiger partial charge is 0.412 e. The Morgan fingerprint density at radius 2 is 1.68 bits per heavy atom. The van der Waals surface area contributed by atoms with Crippen LogP contribution in [0.3, 0.4) is 0 Å². The Bertz CT molecular complexity index is 1140. The third-order valence-electron chi connectivity index (χ3n) is 4.95. The molecule has 0 bridgehead atoms. The summed E-state index contributed by atoms with van der Waals surface area (Å²) in [6, 6.07) is 3.87. The molecule has 9 nitrogen and oxygen atoms in total. The minimum atomic E-state index is -0.627. The van der Waals surface area contributed by atoms with E-state index in [1.807, 2.05) is 37.4 Å². The number of benzene rings is 1. The third-order valence-corrected chi connectivity index (χ3v) is 6.25. The molecule has 0 aliphatic rings. The zero-order chi connectivity index (χ0) is 25.0. The molecule has 0 aliphatic heterocycles. The number of aryl methyl sites for hydroxylation is 1. The highest BCUT2D eigenvalue weighted by Crippen LogP contribution is 2.45. The van der Waals surface area contributed by atoms with E-state index >= 15 is 0 Å². The van der Waals surface area contributed by atoms with Gasteiger partial charge in [0.05, 0.1) is 38.7 Å².